The molecule has 0 saturated heterocycles. The van der Waals surface area contributed by atoms with Crippen LogP contribution in [0.25, 0.3) is 0 Å². The highest BCUT2D eigenvalue weighted by Gasteiger charge is 2.17. The van der Waals surface area contributed by atoms with Crippen LogP contribution in [0.3, 0.4) is 0 Å². The summed E-state index contributed by atoms with van der Waals surface area (Å²) in [7, 11) is -3.90. The van der Waals surface area contributed by atoms with Crippen molar-refractivity contribution in [2.24, 2.45) is 5.73 Å². The standard InChI is InChI=1S/C16H17N3O4S/c1-11(20)19-24(22,23)14-9-7-13(8-10-14)18-16(21)15(17)12-5-3-2-4-6-12/h2-10,15H,17H2,1H3,(H,18,21)(H,19,20)/t15-/m0/s1. The Labute approximate surface area is 139 Å². The quantitative estimate of drug-likeness (QED) is 0.750. The van der Waals surface area contributed by atoms with Gasteiger partial charge in [-0.3, -0.25) is 9.59 Å². The van der Waals surface area contributed by atoms with Gasteiger partial charge in [-0.15, -0.1) is 0 Å². The van der Waals surface area contributed by atoms with Crippen LogP contribution >= 0.6 is 0 Å². The Morgan fingerprint density at radius 3 is 2.12 bits per heavy atom. The lowest BCUT2D eigenvalue weighted by Crippen LogP contribution is -2.28. The fourth-order valence-corrected chi connectivity index (χ4v) is 2.99. The minimum absolute atomic E-state index is 0.0805. The van der Waals surface area contributed by atoms with Crippen LogP contribution in [0.15, 0.2) is 59.5 Å². The van der Waals surface area contributed by atoms with E-state index >= 15 is 0 Å². The third-order valence-corrected chi connectivity index (χ3v) is 4.60. The lowest BCUT2D eigenvalue weighted by molar-refractivity contribution is -0.118. The molecule has 0 fully saturated rings. The highest BCUT2D eigenvalue weighted by molar-refractivity contribution is 7.90. The molecule has 126 valence electrons. The minimum Gasteiger partial charge on any atom is -0.324 e. The number of nitrogens with two attached hydrogens (primary N) is 1. The number of rotatable bonds is 5. The van der Waals surface area contributed by atoms with Gasteiger partial charge in [0.25, 0.3) is 10.0 Å². The van der Waals surface area contributed by atoms with E-state index in [4.69, 9.17) is 5.73 Å². The van der Waals surface area contributed by atoms with Crippen molar-refractivity contribution in [3.63, 3.8) is 0 Å². The summed E-state index contributed by atoms with van der Waals surface area (Å²) in [6.45, 7) is 1.11. The monoisotopic (exact) mass is 347 g/mol. The van der Waals surface area contributed by atoms with E-state index in [0.29, 0.717) is 11.3 Å². The van der Waals surface area contributed by atoms with E-state index in [-0.39, 0.29) is 4.90 Å². The molecule has 8 heteroatoms. The van der Waals surface area contributed by atoms with Crippen LogP contribution < -0.4 is 15.8 Å². The fourth-order valence-electron chi connectivity index (χ4n) is 2.00. The zero-order valence-electron chi connectivity index (χ0n) is 12.9. The van der Waals surface area contributed by atoms with Gasteiger partial charge in [-0.2, -0.15) is 0 Å². The number of hydrogen-bond donors (Lipinski definition) is 3. The number of hydrogen-bond acceptors (Lipinski definition) is 5. The molecule has 2 rings (SSSR count). The molecule has 2 amide bonds. The van der Waals surface area contributed by atoms with Gasteiger partial charge in [0.2, 0.25) is 11.8 Å². The van der Waals surface area contributed by atoms with Gasteiger partial charge in [-0.1, -0.05) is 30.3 Å². The Kier molecular flexibility index (Phi) is 5.32. The van der Waals surface area contributed by atoms with Crippen LogP contribution in [0.2, 0.25) is 0 Å². The zero-order chi connectivity index (χ0) is 17.7. The molecule has 2 aromatic rings. The molecule has 0 radical (unpaired) electrons. The molecule has 4 N–H and O–H groups in total. The van der Waals surface area contributed by atoms with E-state index in [1.165, 1.54) is 24.3 Å². The lowest BCUT2D eigenvalue weighted by atomic mass is 10.1. The maximum absolute atomic E-state index is 12.1. The fraction of sp³-hybridized carbons (Fsp3) is 0.125. The Balaban J connectivity index is 2.09. The summed E-state index contributed by atoms with van der Waals surface area (Å²) in [4.78, 5) is 22.9. The third kappa shape index (κ3) is 4.40. The number of carbonyl (C=O) groups is 2. The van der Waals surface area contributed by atoms with Crippen molar-refractivity contribution in [2.45, 2.75) is 17.9 Å². The summed E-state index contributed by atoms with van der Waals surface area (Å²) >= 11 is 0. The summed E-state index contributed by atoms with van der Waals surface area (Å²) in [6, 6.07) is 13.4. The normalized spacial score (nSPS) is 12.2. The number of sulfonamides is 1. The highest BCUT2D eigenvalue weighted by Crippen LogP contribution is 2.16. The first-order valence-electron chi connectivity index (χ1n) is 7.04. The van der Waals surface area contributed by atoms with Crippen LogP contribution in [0.1, 0.15) is 18.5 Å². The minimum atomic E-state index is -3.90. The molecule has 0 aromatic heterocycles. The van der Waals surface area contributed by atoms with Gasteiger partial charge < -0.3 is 11.1 Å². The van der Waals surface area contributed by atoms with Crippen molar-refractivity contribution in [3.05, 3.63) is 60.2 Å². The summed E-state index contributed by atoms with van der Waals surface area (Å²) in [6.07, 6.45) is 0. The van der Waals surface area contributed by atoms with Crippen molar-refractivity contribution in [1.29, 1.82) is 0 Å². The van der Waals surface area contributed by atoms with E-state index in [0.717, 1.165) is 6.92 Å². The molecule has 0 bridgehead atoms. The second-order valence-corrected chi connectivity index (χ2v) is 6.75. The average Bonchev–Trinajstić information content (AvgIpc) is 2.54. The predicted octanol–water partition coefficient (Wildman–Crippen LogP) is 1.15. The molecule has 0 spiro atoms. The topological polar surface area (TPSA) is 118 Å². The van der Waals surface area contributed by atoms with Crippen molar-refractivity contribution in [3.8, 4) is 0 Å². The molecule has 0 aliphatic rings. The Hall–Kier alpha value is -2.71. The van der Waals surface area contributed by atoms with Crippen LogP contribution in [-0.2, 0) is 19.6 Å². The smallest absolute Gasteiger partial charge is 0.264 e. The van der Waals surface area contributed by atoms with Gasteiger partial charge >= 0.3 is 0 Å². The maximum Gasteiger partial charge on any atom is 0.264 e. The SMILES string of the molecule is CC(=O)NS(=O)(=O)c1ccc(NC(=O)[C@@H](N)c2ccccc2)cc1. The molecule has 1 atom stereocenters. The molecule has 0 unspecified atom stereocenters. The highest BCUT2D eigenvalue weighted by atomic mass is 32.2. The van der Waals surface area contributed by atoms with E-state index in [9.17, 15) is 18.0 Å². The van der Waals surface area contributed by atoms with Crippen molar-refractivity contribution >= 4 is 27.5 Å². The van der Waals surface area contributed by atoms with E-state index in [2.05, 4.69) is 5.32 Å². The first kappa shape index (κ1) is 17.6. The summed E-state index contributed by atoms with van der Waals surface area (Å²) in [5, 5.41) is 2.61. The summed E-state index contributed by atoms with van der Waals surface area (Å²) in [5.41, 5.74) is 6.95. The van der Waals surface area contributed by atoms with Gasteiger partial charge in [-0.05, 0) is 29.8 Å². The number of benzene rings is 2. The largest absolute Gasteiger partial charge is 0.324 e. The molecule has 7 nitrogen and oxygen atoms in total. The van der Waals surface area contributed by atoms with Gasteiger partial charge in [0, 0.05) is 12.6 Å². The lowest BCUT2D eigenvalue weighted by Gasteiger charge is -2.13. The predicted molar refractivity (Wildman–Crippen MR) is 89.4 cm³/mol. The zero-order valence-corrected chi connectivity index (χ0v) is 13.7. The van der Waals surface area contributed by atoms with E-state index < -0.39 is 27.9 Å². The second-order valence-electron chi connectivity index (χ2n) is 5.06. The van der Waals surface area contributed by atoms with Crippen molar-refractivity contribution < 1.29 is 18.0 Å². The Morgan fingerprint density at radius 2 is 1.58 bits per heavy atom. The first-order chi connectivity index (χ1) is 11.3. The van der Waals surface area contributed by atoms with Crippen LogP contribution in [-0.4, -0.2) is 20.2 Å². The summed E-state index contributed by atoms with van der Waals surface area (Å²) in [5.74, 6) is -1.10. The Bertz CT molecular complexity index is 833. The maximum atomic E-state index is 12.1. The van der Waals surface area contributed by atoms with Gasteiger partial charge in [0.15, 0.2) is 0 Å². The average molecular weight is 347 g/mol. The second kappa shape index (κ2) is 7.24. The van der Waals surface area contributed by atoms with Gasteiger partial charge in [0.05, 0.1) is 4.90 Å². The third-order valence-electron chi connectivity index (χ3n) is 3.15. The first-order valence-corrected chi connectivity index (χ1v) is 8.53. The van der Waals surface area contributed by atoms with Crippen LogP contribution in [0.5, 0.6) is 0 Å². The summed E-state index contributed by atoms with van der Waals surface area (Å²) < 4.78 is 25.5. The van der Waals surface area contributed by atoms with Crippen molar-refractivity contribution in [1.82, 2.24) is 4.72 Å². The molecule has 0 aliphatic heterocycles. The molecule has 0 heterocycles. The van der Waals surface area contributed by atoms with Crippen molar-refractivity contribution in [2.75, 3.05) is 5.32 Å². The number of anilines is 1. The molecule has 0 aliphatic carbocycles. The van der Waals surface area contributed by atoms with Crippen LogP contribution in [0, 0.1) is 0 Å². The van der Waals surface area contributed by atoms with E-state index in [1.54, 1.807) is 24.3 Å². The van der Waals surface area contributed by atoms with Crippen LogP contribution in [0.4, 0.5) is 5.69 Å². The number of carbonyl (C=O) groups excluding carboxylic acids is 2. The molecular weight excluding hydrogens is 330 g/mol. The molecule has 24 heavy (non-hydrogen) atoms. The molecule has 2 aromatic carbocycles. The van der Waals surface area contributed by atoms with E-state index in [1.807, 2.05) is 10.8 Å². The molecular formula is C16H17N3O4S. The Morgan fingerprint density at radius 1 is 1.00 bits per heavy atom. The number of nitrogens with one attached hydrogen (secondary N) is 2. The van der Waals surface area contributed by atoms with Gasteiger partial charge in [0.1, 0.15) is 6.04 Å². The number of amides is 2. The molecule has 0 saturated carbocycles. The van der Waals surface area contributed by atoms with Gasteiger partial charge in [-0.25, -0.2) is 13.1 Å².